The molecule has 4 heteroatoms. The first kappa shape index (κ1) is 20.0. The van der Waals surface area contributed by atoms with Crippen LogP contribution in [0.15, 0.2) is 48.5 Å². The minimum atomic E-state index is 0.664. The van der Waals surface area contributed by atoms with Crippen LogP contribution in [0.25, 0.3) is 0 Å². The van der Waals surface area contributed by atoms with Gasteiger partial charge >= 0.3 is 0 Å². The van der Waals surface area contributed by atoms with Crippen LogP contribution in [-0.2, 0) is 9.68 Å². The summed E-state index contributed by atoms with van der Waals surface area (Å²) in [6.45, 7) is 9.59. The zero-order valence-corrected chi connectivity index (χ0v) is 15.3. The van der Waals surface area contributed by atoms with Crippen molar-refractivity contribution >= 4 is 11.4 Å². The van der Waals surface area contributed by atoms with Gasteiger partial charge < -0.3 is 5.73 Å². The number of nitrogens with zero attached hydrogens (tertiary/aromatic N) is 1. The van der Waals surface area contributed by atoms with Crippen molar-refractivity contribution in [2.45, 2.75) is 40.5 Å². The maximum absolute atomic E-state index is 5.53. The van der Waals surface area contributed by atoms with Gasteiger partial charge in [0.15, 0.2) is 0 Å². The Balaban J connectivity index is 0.000000300. The predicted molar refractivity (Wildman–Crippen MR) is 102 cm³/mol. The molecule has 0 bridgehead atoms. The van der Waals surface area contributed by atoms with E-state index in [1.165, 1.54) is 16.4 Å². The number of hydrogen-bond donors (Lipinski definition) is 1. The lowest BCUT2D eigenvalue weighted by Gasteiger charge is -2.22. The number of rotatable bonds is 7. The van der Waals surface area contributed by atoms with Crippen molar-refractivity contribution in [2.24, 2.45) is 0 Å². The fourth-order valence-corrected chi connectivity index (χ4v) is 1.77. The Kier molecular flexibility index (Phi) is 9.58. The highest BCUT2D eigenvalue weighted by atomic mass is 16.9. The second-order valence-corrected chi connectivity index (χ2v) is 5.67. The summed E-state index contributed by atoms with van der Waals surface area (Å²) >= 11 is 0. The van der Waals surface area contributed by atoms with Gasteiger partial charge in [0.2, 0.25) is 0 Å². The third-order valence-electron chi connectivity index (χ3n) is 3.15. The third kappa shape index (κ3) is 7.99. The highest BCUT2D eigenvalue weighted by Crippen LogP contribution is 2.16. The highest BCUT2D eigenvalue weighted by Gasteiger charge is 2.06. The molecule has 4 nitrogen and oxygen atoms in total. The van der Waals surface area contributed by atoms with Crippen LogP contribution in [0, 0.1) is 13.8 Å². The minimum Gasteiger partial charge on any atom is -0.399 e. The van der Waals surface area contributed by atoms with Crippen molar-refractivity contribution < 1.29 is 9.68 Å². The molecule has 2 aromatic rings. The number of benzene rings is 2. The van der Waals surface area contributed by atoms with Crippen LogP contribution in [0.3, 0.4) is 0 Å². The summed E-state index contributed by atoms with van der Waals surface area (Å²) in [4.78, 5) is 11.1. The van der Waals surface area contributed by atoms with E-state index in [1.807, 2.05) is 55.5 Å². The molecule has 2 rings (SSSR count). The molecule has 0 heterocycles. The normalized spacial score (nSPS) is 10.0. The molecule has 0 saturated carbocycles. The van der Waals surface area contributed by atoms with Crippen molar-refractivity contribution in [3.63, 3.8) is 0 Å². The molecule has 2 aromatic carbocycles. The van der Waals surface area contributed by atoms with Gasteiger partial charge in [-0.05, 0) is 51.0 Å². The van der Waals surface area contributed by atoms with Gasteiger partial charge in [-0.15, -0.1) is 5.23 Å². The van der Waals surface area contributed by atoms with E-state index in [0.29, 0.717) is 13.2 Å². The Hall–Kier alpha value is -2.04. The lowest BCUT2D eigenvalue weighted by atomic mass is 10.2. The Morgan fingerprint density at radius 2 is 1.17 bits per heavy atom. The van der Waals surface area contributed by atoms with E-state index in [2.05, 4.69) is 20.8 Å². The Bertz CT molecular complexity index is 524. The number of aryl methyl sites for hydroxylation is 2. The quantitative estimate of drug-likeness (QED) is 0.569. The second-order valence-electron chi connectivity index (χ2n) is 5.67. The van der Waals surface area contributed by atoms with E-state index in [1.54, 1.807) is 0 Å². The Labute approximate surface area is 146 Å². The van der Waals surface area contributed by atoms with E-state index in [-0.39, 0.29) is 0 Å². The van der Waals surface area contributed by atoms with Crippen LogP contribution < -0.4 is 11.0 Å². The average molecular weight is 330 g/mol. The van der Waals surface area contributed by atoms with E-state index in [9.17, 15) is 0 Å². The van der Waals surface area contributed by atoms with Gasteiger partial charge in [0, 0.05) is 5.69 Å². The maximum Gasteiger partial charge on any atom is 0.0947 e. The summed E-state index contributed by atoms with van der Waals surface area (Å²) in [5.74, 6) is 0. The molecule has 0 aliphatic heterocycles. The van der Waals surface area contributed by atoms with Gasteiger partial charge in [0.1, 0.15) is 0 Å². The first-order chi connectivity index (χ1) is 11.6. The van der Waals surface area contributed by atoms with E-state index >= 15 is 0 Å². The predicted octanol–water partition coefficient (Wildman–Crippen LogP) is 5.06. The molecule has 0 amide bonds. The van der Waals surface area contributed by atoms with Crippen molar-refractivity contribution in [2.75, 3.05) is 24.2 Å². The first-order valence-corrected chi connectivity index (χ1v) is 8.51. The smallest absolute Gasteiger partial charge is 0.0947 e. The number of hydrogen-bond acceptors (Lipinski definition) is 4. The molecule has 0 fully saturated rings. The monoisotopic (exact) mass is 330 g/mol. The van der Waals surface area contributed by atoms with Gasteiger partial charge in [0.05, 0.1) is 18.9 Å². The molecule has 0 unspecified atom stereocenters. The summed E-state index contributed by atoms with van der Waals surface area (Å²) in [6, 6.07) is 15.9. The molecule has 24 heavy (non-hydrogen) atoms. The van der Waals surface area contributed by atoms with Gasteiger partial charge in [-0.3, -0.25) is 0 Å². The Morgan fingerprint density at radius 1 is 0.750 bits per heavy atom. The zero-order chi connectivity index (χ0) is 17.8. The number of nitrogen functional groups attached to an aromatic ring is 1. The summed E-state index contributed by atoms with van der Waals surface area (Å²) in [7, 11) is 0. The minimum absolute atomic E-state index is 0.664. The fourth-order valence-electron chi connectivity index (χ4n) is 1.77. The third-order valence-corrected chi connectivity index (χ3v) is 3.15. The fraction of sp³-hybridized carbons (Fsp3) is 0.400. The van der Waals surface area contributed by atoms with Crippen LogP contribution >= 0.6 is 0 Å². The van der Waals surface area contributed by atoms with Gasteiger partial charge in [-0.2, -0.15) is 0 Å². The number of anilines is 2. The van der Waals surface area contributed by atoms with Gasteiger partial charge in [-0.25, -0.2) is 9.68 Å². The van der Waals surface area contributed by atoms with Crippen molar-refractivity contribution in [3.8, 4) is 0 Å². The lowest BCUT2D eigenvalue weighted by Crippen LogP contribution is -2.24. The molecule has 0 spiro atoms. The summed E-state index contributed by atoms with van der Waals surface area (Å²) in [5.41, 5.74) is 9.67. The number of nitrogens with two attached hydrogens (primary N) is 1. The molecule has 2 N–H and O–H groups in total. The van der Waals surface area contributed by atoms with Crippen molar-refractivity contribution in [1.82, 2.24) is 0 Å². The SMILES string of the molecule is CCCON(OCCC)c1ccc(C)cc1.Cc1ccc(N)cc1. The van der Waals surface area contributed by atoms with Crippen LogP contribution in [0.5, 0.6) is 0 Å². The summed E-state index contributed by atoms with van der Waals surface area (Å²) in [5, 5.41) is 1.52. The molecule has 0 aromatic heterocycles. The van der Waals surface area contributed by atoms with Crippen molar-refractivity contribution in [3.05, 3.63) is 59.7 Å². The van der Waals surface area contributed by atoms with Crippen molar-refractivity contribution in [1.29, 1.82) is 0 Å². The zero-order valence-electron chi connectivity index (χ0n) is 15.3. The highest BCUT2D eigenvalue weighted by molar-refractivity contribution is 5.43. The molecule has 0 atom stereocenters. The molecular weight excluding hydrogens is 300 g/mol. The van der Waals surface area contributed by atoms with Gasteiger partial charge in [0.25, 0.3) is 0 Å². The van der Waals surface area contributed by atoms with E-state index < -0.39 is 0 Å². The van der Waals surface area contributed by atoms with Crippen LogP contribution in [0.4, 0.5) is 11.4 Å². The van der Waals surface area contributed by atoms with E-state index in [0.717, 1.165) is 24.2 Å². The summed E-state index contributed by atoms with van der Waals surface area (Å²) < 4.78 is 0. The molecule has 0 aliphatic rings. The molecular formula is C20H30N2O2. The molecule has 0 radical (unpaired) electrons. The Morgan fingerprint density at radius 3 is 1.54 bits per heavy atom. The summed E-state index contributed by atoms with van der Waals surface area (Å²) in [6.07, 6.45) is 1.94. The average Bonchev–Trinajstić information content (AvgIpc) is 2.59. The van der Waals surface area contributed by atoms with E-state index in [4.69, 9.17) is 15.4 Å². The molecule has 0 saturated heterocycles. The molecule has 0 aliphatic carbocycles. The second kappa shape index (κ2) is 11.5. The maximum atomic E-state index is 5.53. The van der Waals surface area contributed by atoms with Crippen LogP contribution in [-0.4, -0.2) is 13.2 Å². The first-order valence-electron chi connectivity index (χ1n) is 8.51. The van der Waals surface area contributed by atoms with Crippen LogP contribution in [0.1, 0.15) is 37.8 Å². The topological polar surface area (TPSA) is 47.7 Å². The largest absolute Gasteiger partial charge is 0.399 e. The lowest BCUT2D eigenvalue weighted by molar-refractivity contribution is -0.0893. The van der Waals surface area contributed by atoms with Crippen LogP contribution in [0.2, 0.25) is 0 Å². The standard InChI is InChI=1S/C13H21NO2.C7H9N/c1-4-10-15-14(16-11-5-2)13-8-6-12(3)7-9-13;1-6-2-4-7(8)5-3-6/h6-9H,4-5,10-11H2,1-3H3;2-5H,8H2,1H3. The van der Waals surface area contributed by atoms with Gasteiger partial charge in [-0.1, -0.05) is 49.2 Å². The molecule has 132 valence electrons.